The Kier molecular flexibility index (Phi) is 5.22. The van der Waals surface area contributed by atoms with Gasteiger partial charge >= 0.3 is 0 Å². The second-order valence-corrected chi connectivity index (χ2v) is 6.10. The number of benzene rings is 2. The molecule has 0 unspecified atom stereocenters. The van der Waals surface area contributed by atoms with Crippen LogP contribution in [0.5, 0.6) is 17.2 Å². The Labute approximate surface area is 151 Å². The molecule has 1 aliphatic rings. The molecule has 2 aromatic carbocycles. The maximum atomic E-state index is 11.7. The van der Waals surface area contributed by atoms with E-state index in [1.165, 1.54) is 6.21 Å². The van der Waals surface area contributed by atoms with Crippen LogP contribution in [-0.2, 0) is 4.79 Å². The molecule has 8 heteroatoms. The van der Waals surface area contributed by atoms with Crippen molar-refractivity contribution < 1.29 is 19.0 Å². The summed E-state index contributed by atoms with van der Waals surface area (Å²) >= 11 is 9.40. The van der Waals surface area contributed by atoms with Crippen LogP contribution in [0.3, 0.4) is 0 Å². The summed E-state index contributed by atoms with van der Waals surface area (Å²) in [6, 6.07) is 10.6. The number of hydrazone groups is 1. The quantitative estimate of drug-likeness (QED) is 0.605. The smallest absolute Gasteiger partial charge is 0.277 e. The maximum Gasteiger partial charge on any atom is 0.277 e. The molecule has 0 atom stereocenters. The lowest BCUT2D eigenvalue weighted by Crippen LogP contribution is -2.24. The summed E-state index contributed by atoms with van der Waals surface area (Å²) in [5.74, 6) is 1.28. The number of fused-ring (bicyclic) bond motifs is 1. The van der Waals surface area contributed by atoms with E-state index < -0.39 is 0 Å². The number of carbonyl (C=O) groups excluding carboxylic acids is 1. The Balaban J connectivity index is 1.53. The van der Waals surface area contributed by atoms with E-state index in [2.05, 4.69) is 26.5 Å². The first-order valence-corrected chi connectivity index (χ1v) is 8.08. The van der Waals surface area contributed by atoms with Gasteiger partial charge in [-0.15, -0.1) is 0 Å². The molecule has 0 saturated heterocycles. The Morgan fingerprint density at radius 2 is 2.25 bits per heavy atom. The van der Waals surface area contributed by atoms with Crippen molar-refractivity contribution in [2.75, 3.05) is 13.4 Å². The van der Waals surface area contributed by atoms with Crippen LogP contribution < -0.4 is 19.6 Å². The third-order valence-electron chi connectivity index (χ3n) is 3.02. The lowest BCUT2D eigenvalue weighted by molar-refractivity contribution is -0.123. The van der Waals surface area contributed by atoms with Gasteiger partial charge in [-0.25, -0.2) is 5.43 Å². The number of rotatable bonds is 5. The molecule has 1 amide bonds. The predicted octanol–water partition coefficient (Wildman–Crippen LogP) is 3.36. The van der Waals surface area contributed by atoms with Crippen LogP contribution in [0.1, 0.15) is 5.56 Å². The Morgan fingerprint density at radius 1 is 1.38 bits per heavy atom. The van der Waals surface area contributed by atoms with Gasteiger partial charge in [0.1, 0.15) is 5.75 Å². The van der Waals surface area contributed by atoms with Gasteiger partial charge in [0.05, 0.1) is 11.2 Å². The minimum atomic E-state index is -0.377. The fraction of sp³-hybridized carbons (Fsp3) is 0.125. The van der Waals surface area contributed by atoms with E-state index in [1.54, 1.807) is 24.3 Å². The Bertz CT molecular complexity index is 798. The third kappa shape index (κ3) is 4.18. The van der Waals surface area contributed by atoms with Crippen molar-refractivity contribution in [2.45, 2.75) is 0 Å². The molecular formula is C16H12BrClN2O4. The SMILES string of the molecule is O=C(COc1cccc(Br)c1)N/N=C\c1cc(Cl)c2c(c1)OCO2. The van der Waals surface area contributed by atoms with Gasteiger partial charge in [0.15, 0.2) is 18.1 Å². The standard InChI is InChI=1S/C16H12BrClN2O4/c17-11-2-1-3-12(6-11)22-8-15(21)20-19-7-10-4-13(18)16-14(5-10)23-9-24-16/h1-7H,8-9H2,(H,20,21)/b19-7-. The molecule has 2 aromatic rings. The molecule has 0 saturated carbocycles. The van der Waals surface area contributed by atoms with Gasteiger partial charge in [0, 0.05) is 4.47 Å². The Morgan fingerprint density at radius 3 is 3.08 bits per heavy atom. The van der Waals surface area contributed by atoms with E-state index in [9.17, 15) is 4.79 Å². The molecular weight excluding hydrogens is 400 g/mol. The van der Waals surface area contributed by atoms with Gasteiger partial charge < -0.3 is 14.2 Å². The molecule has 1 N–H and O–H groups in total. The molecule has 0 spiro atoms. The normalized spacial score (nSPS) is 12.4. The highest BCUT2D eigenvalue weighted by molar-refractivity contribution is 9.10. The van der Waals surface area contributed by atoms with Gasteiger partial charge in [0.2, 0.25) is 6.79 Å². The second kappa shape index (κ2) is 7.55. The second-order valence-electron chi connectivity index (χ2n) is 4.78. The third-order valence-corrected chi connectivity index (χ3v) is 3.79. The summed E-state index contributed by atoms with van der Waals surface area (Å²) in [6.07, 6.45) is 1.46. The predicted molar refractivity (Wildman–Crippen MR) is 92.9 cm³/mol. The van der Waals surface area contributed by atoms with Crippen LogP contribution in [0.25, 0.3) is 0 Å². The van der Waals surface area contributed by atoms with E-state index in [0.717, 1.165) is 4.47 Å². The molecule has 3 rings (SSSR count). The lowest BCUT2D eigenvalue weighted by atomic mass is 10.2. The van der Waals surface area contributed by atoms with Crippen LogP contribution in [-0.4, -0.2) is 25.5 Å². The van der Waals surface area contributed by atoms with Crippen LogP contribution in [0, 0.1) is 0 Å². The molecule has 0 radical (unpaired) electrons. The summed E-state index contributed by atoms with van der Waals surface area (Å²) in [5, 5.41) is 4.30. The molecule has 0 fully saturated rings. The Hall–Kier alpha value is -2.25. The van der Waals surface area contributed by atoms with E-state index in [-0.39, 0.29) is 19.3 Å². The van der Waals surface area contributed by atoms with Crippen LogP contribution in [0.4, 0.5) is 0 Å². The van der Waals surface area contributed by atoms with E-state index in [0.29, 0.717) is 27.8 Å². The summed E-state index contributed by atoms with van der Waals surface area (Å²) in [5.41, 5.74) is 3.06. The number of ether oxygens (including phenoxy) is 3. The lowest BCUT2D eigenvalue weighted by Gasteiger charge is -2.05. The summed E-state index contributed by atoms with van der Waals surface area (Å²) in [7, 11) is 0. The van der Waals surface area contributed by atoms with Crippen molar-refractivity contribution in [3.8, 4) is 17.2 Å². The average molecular weight is 412 g/mol. The van der Waals surface area contributed by atoms with Gasteiger partial charge in [-0.05, 0) is 35.9 Å². The molecule has 0 bridgehead atoms. The van der Waals surface area contributed by atoms with Crippen molar-refractivity contribution in [2.24, 2.45) is 5.10 Å². The largest absolute Gasteiger partial charge is 0.484 e. The fourth-order valence-electron chi connectivity index (χ4n) is 1.98. The minimum Gasteiger partial charge on any atom is -0.484 e. The first-order chi connectivity index (χ1) is 11.6. The van der Waals surface area contributed by atoms with E-state index in [4.69, 9.17) is 25.8 Å². The molecule has 6 nitrogen and oxygen atoms in total. The van der Waals surface area contributed by atoms with Gasteiger partial charge in [-0.3, -0.25) is 4.79 Å². The van der Waals surface area contributed by atoms with Gasteiger partial charge in [-0.2, -0.15) is 5.10 Å². The fourth-order valence-corrected chi connectivity index (χ4v) is 2.63. The number of nitrogens with one attached hydrogen (secondary N) is 1. The van der Waals surface area contributed by atoms with Crippen molar-refractivity contribution in [3.05, 3.63) is 51.5 Å². The van der Waals surface area contributed by atoms with Crippen molar-refractivity contribution in [1.82, 2.24) is 5.43 Å². The number of halogens is 2. The van der Waals surface area contributed by atoms with Gasteiger partial charge in [0.25, 0.3) is 5.91 Å². The van der Waals surface area contributed by atoms with E-state index in [1.807, 2.05) is 12.1 Å². The topological polar surface area (TPSA) is 69.2 Å². The van der Waals surface area contributed by atoms with E-state index >= 15 is 0 Å². The summed E-state index contributed by atoms with van der Waals surface area (Å²) in [6.45, 7) is -0.00495. The first-order valence-electron chi connectivity index (χ1n) is 6.91. The highest BCUT2D eigenvalue weighted by Gasteiger charge is 2.17. The molecule has 1 aliphatic heterocycles. The maximum absolute atomic E-state index is 11.7. The van der Waals surface area contributed by atoms with Crippen LogP contribution in [0.2, 0.25) is 5.02 Å². The minimum absolute atomic E-state index is 0.138. The highest BCUT2D eigenvalue weighted by Crippen LogP contribution is 2.39. The number of hydrogen-bond acceptors (Lipinski definition) is 5. The van der Waals surface area contributed by atoms with Crippen LogP contribution in [0.15, 0.2) is 46.0 Å². The van der Waals surface area contributed by atoms with Crippen LogP contribution >= 0.6 is 27.5 Å². The zero-order valence-electron chi connectivity index (χ0n) is 12.3. The summed E-state index contributed by atoms with van der Waals surface area (Å²) in [4.78, 5) is 11.7. The number of amides is 1. The van der Waals surface area contributed by atoms with Crippen molar-refractivity contribution >= 4 is 39.7 Å². The molecule has 0 aromatic heterocycles. The number of hydrogen-bond donors (Lipinski definition) is 1. The molecule has 24 heavy (non-hydrogen) atoms. The average Bonchev–Trinajstić information content (AvgIpc) is 3.02. The zero-order valence-corrected chi connectivity index (χ0v) is 14.6. The molecule has 1 heterocycles. The first kappa shape index (κ1) is 16.6. The molecule has 0 aliphatic carbocycles. The summed E-state index contributed by atoms with van der Waals surface area (Å²) < 4.78 is 16.7. The van der Waals surface area contributed by atoms with Crippen molar-refractivity contribution in [3.63, 3.8) is 0 Å². The van der Waals surface area contributed by atoms with Gasteiger partial charge in [-0.1, -0.05) is 33.6 Å². The monoisotopic (exact) mass is 410 g/mol. The van der Waals surface area contributed by atoms with Crippen molar-refractivity contribution in [1.29, 1.82) is 0 Å². The zero-order chi connectivity index (χ0) is 16.9. The number of carbonyl (C=O) groups is 1. The number of nitrogens with zero attached hydrogens (tertiary/aromatic N) is 1. The highest BCUT2D eigenvalue weighted by atomic mass is 79.9. The molecule has 124 valence electrons.